The first-order valence-corrected chi connectivity index (χ1v) is 13.0. The molecule has 0 aliphatic carbocycles. The molecular weight excluding hydrogens is 454 g/mol. The molecule has 0 radical (unpaired) electrons. The molecule has 0 saturated carbocycles. The van der Waals surface area contributed by atoms with Crippen molar-refractivity contribution in [3.05, 3.63) is 59.7 Å². The summed E-state index contributed by atoms with van der Waals surface area (Å²) in [7, 11) is -3.69. The van der Waals surface area contributed by atoms with E-state index >= 15 is 0 Å². The van der Waals surface area contributed by atoms with Crippen LogP contribution in [0.1, 0.15) is 43.1 Å². The number of aryl methyl sites for hydroxylation is 1. The summed E-state index contributed by atoms with van der Waals surface area (Å²) in [4.78, 5) is 27.3. The molecule has 1 aliphatic heterocycles. The average molecular weight is 488 g/mol. The van der Waals surface area contributed by atoms with Crippen molar-refractivity contribution in [3.63, 3.8) is 0 Å². The summed E-state index contributed by atoms with van der Waals surface area (Å²) in [6.07, 6.45) is 0.309. The number of amides is 2. The van der Waals surface area contributed by atoms with Crippen LogP contribution >= 0.6 is 0 Å². The summed E-state index contributed by atoms with van der Waals surface area (Å²) >= 11 is 0. The van der Waals surface area contributed by atoms with E-state index in [4.69, 9.17) is 4.74 Å². The number of morpholine rings is 1. The Labute approximate surface area is 201 Å². The molecule has 0 bridgehead atoms. The largest absolute Gasteiger partial charge is 0.373 e. The van der Waals surface area contributed by atoms with Crippen LogP contribution in [0.3, 0.4) is 0 Å². The summed E-state index contributed by atoms with van der Waals surface area (Å²) in [5, 5.41) is 2.85. The Morgan fingerprint density at radius 2 is 1.68 bits per heavy atom. The molecule has 9 heteroatoms. The first-order chi connectivity index (χ1) is 16.1. The molecule has 1 heterocycles. The van der Waals surface area contributed by atoms with Gasteiger partial charge in [0.2, 0.25) is 15.9 Å². The van der Waals surface area contributed by atoms with Crippen molar-refractivity contribution in [2.45, 2.75) is 51.2 Å². The summed E-state index contributed by atoms with van der Waals surface area (Å²) in [5.74, 6) is -0.606. The second kappa shape index (κ2) is 11.1. The van der Waals surface area contributed by atoms with Gasteiger partial charge in [0.15, 0.2) is 0 Å². The molecule has 1 fully saturated rings. The minimum atomic E-state index is -3.69. The van der Waals surface area contributed by atoms with Crippen LogP contribution in [0.25, 0.3) is 0 Å². The van der Waals surface area contributed by atoms with Crippen LogP contribution in [0, 0.1) is 6.92 Å². The molecule has 34 heavy (non-hydrogen) atoms. The van der Waals surface area contributed by atoms with Crippen LogP contribution in [0.2, 0.25) is 0 Å². The standard InChI is InChI=1S/C25H33N3O5S/c1-5-14-27(17-24(29)26-23-9-7-6-8-18(23)2)25(30)21-10-12-22(13-11-21)34(31,32)28-15-19(3)33-20(4)16-28/h6-13,19-20H,5,14-17H2,1-4H3,(H,26,29). The average Bonchev–Trinajstić information content (AvgIpc) is 2.79. The van der Waals surface area contributed by atoms with Crippen molar-refractivity contribution in [2.24, 2.45) is 0 Å². The van der Waals surface area contributed by atoms with Crippen molar-refractivity contribution in [2.75, 3.05) is 31.5 Å². The zero-order chi connectivity index (χ0) is 24.9. The quantitative estimate of drug-likeness (QED) is 0.617. The Morgan fingerprint density at radius 3 is 2.26 bits per heavy atom. The van der Waals surface area contributed by atoms with Crippen molar-refractivity contribution in [1.82, 2.24) is 9.21 Å². The van der Waals surface area contributed by atoms with Gasteiger partial charge in [-0.2, -0.15) is 4.31 Å². The minimum Gasteiger partial charge on any atom is -0.373 e. The molecule has 1 saturated heterocycles. The van der Waals surface area contributed by atoms with E-state index in [1.54, 1.807) is 0 Å². The molecule has 2 aromatic rings. The third-order valence-electron chi connectivity index (χ3n) is 5.66. The van der Waals surface area contributed by atoms with Crippen molar-refractivity contribution in [1.29, 1.82) is 0 Å². The van der Waals surface area contributed by atoms with Gasteiger partial charge in [-0.25, -0.2) is 8.42 Å². The molecule has 8 nitrogen and oxygen atoms in total. The van der Waals surface area contributed by atoms with Crippen LogP contribution < -0.4 is 5.32 Å². The summed E-state index contributed by atoms with van der Waals surface area (Å²) in [6, 6.07) is 13.4. The lowest BCUT2D eigenvalue weighted by atomic mass is 10.2. The monoisotopic (exact) mass is 487 g/mol. The van der Waals surface area contributed by atoms with E-state index in [-0.39, 0.29) is 48.6 Å². The number of hydrogen-bond acceptors (Lipinski definition) is 5. The van der Waals surface area contributed by atoms with E-state index < -0.39 is 10.0 Å². The minimum absolute atomic E-state index is 0.0926. The summed E-state index contributed by atoms with van der Waals surface area (Å²) in [5.41, 5.74) is 1.97. The number of carbonyl (C=O) groups is 2. The third-order valence-corrected chi connectivity index (χ3v) is 7.51. The van der Waals surface area contributed by atoms with E-state index in [0.29, 0.717) is 24.2 Å². The Bertz CT molecular complexity index is 1110. The molecular formula is C25H33N3O5S. The predicted octanol–water partition coefficient (Wildman–Crippen LogP) is 3.28. The number of hydrogen-bond donors (Lipinski definition) is 1. The molecule has 0 spiro atoms. The van der Waals surface area contributed by atoms with Gasteiger partial charge in [-0.05, 0) is 63.1 Å². The second-order valence-corrected chi connectivity index (χ2v) is 10.6. The lowest BCUT2D eigenvalue weighted by Gasteiger charge is -2.34. The zero-order valence-electron chi connectivity index (χ0n) is 20.2. The van der Waals surface area contributed by atoms with Gasteiger partial charge in [-0.15, -0.1) is 0 Å². The van der Waals surface area contributed by atoms with Crippen molar-refractivity contribution in [3.8, 4) is 0 Å². The summed E-state index contributed by atoms with van der Waals surface area (Å²) < 4.78 is 33.2. The summed E-state index contributed by atoms with van der Waals surface area (Å²) in [6.45, 7) is 8.41. The zero-order valence-corrected chi connectivity index (χ0v) is 21.0. The van der Waals surface area contributed by atoms with Crippen LogP contribution in [0.4, 0.5) is 5.69 Å². The number of nitrogens with zero attached hydrogens (tertiary/aromatic N) is 2. The number of carbonyl (C=O) groups excluding carboxylic acids is 2. The number of anilines is 1. The Kier molecular flexibility index (Phi) is 8.46. The van der Waals surface area contributed by atoms with Gasteiger partial charge in [-0.1, -0.05) is 25.1 Å². The maximum absolute atomic E-state index is 13.1. The lowest BCUT2D eigenvalue weighted by Crippen LogP contribution is -2.48. The molecule has 3 rings (SSSR count). The normalized spacial score (nSPS) is 18.9. The number of ether oxygens (including phenoxy) is 1. The molecule has 2 aromatic carbocycles. The SMILES string of the molecule is CCCN(CC(=O)Nc1ccccc1C)C(=O)c1ccc(S(=O)(=O)N2CC(C)OC(C)C2)cc1. The van der Waals surface area contributed by atoms with Crippen molar-refractivity contribution < 1.29 is 22.7 Å². The third kappa shape index (κ3) is 6.22. The Balaban J connectivity index is 1.71. The number of benzene rings is 2. The lowest BCUT2D eigenvalue weighted by molar-refractivity contribution is -0.116. The van der Waals surface area contributed by atoms with Gasteiger partial charge in [0.25, 0.3) is 5.91 Å². The number of para-hydroxylation sites is 1. The van der Waals surface area contributed by atoms with Crippen LogP contribution in [-0.4, -0.2) is 67.8 Å². The highest BCUT2D eigenvalue weighted by Crippen LogP contribution is 2.22. The van der Waals surface area contributed by atoms with E-state index in [9.17, 15) is 18.0 Å². The Morgan fingerprint density at radius 1 is 1.06 bits per heavy atom. The molecule has 2 unspecified atom stereocenters. The van der Waals surface area contributed by atoms with E-state index in [1.807, 2.05) is 52.0 Å². The highest BCUT2D eigenvalue weighted by molar-refractivity contribution is 7.89. The van der Waals surface area contributed by atoms with E-state index in [2.05, 4.69) is 5.32 Å². The molecule has 1 aliphatic rings. The van der Waals surface area contributed by atoms with E-state index in [1.165, 1.54) is 33.5 Å². The van der Waals surface area contributed by atoms with Gasteiger partial charge >= 0.3 is 0 Å². The van der Waals surface area contributed by atoms with E-state index in [0.717, 1.165) is 5.56 Å². The van der Waals surface area contributed by atoms with Gasteiger partial charge in [0.1, 0.15) is 6.54 Å². The highest BCUT2D eigenvalue weighted by Gasteiger charge is 2.32. The van der Waals surface area contributed by atoms with Gasteiger partial charge in [-0.3, -0.25) is 9.59 Å². The Hall–Kier alpha value is -2.75. The first kappa shape index (κ1) is 25.9. The van der Waals surface area contributed by atoms with Crippen molar-refractivity contribution >= 4 is 27.5 Å². The molecule has 0 aromatic heterocycles. The second-order valence-electron chi connectivity index (χ2n) is 8.69. The highest BCUT2D eigenvalue weighted by atomic mass is 32.2. The maximum Gasteiger partial charge on any atom is 0.254 e. The molecule has 2 atom stereocenters. The topological polar surface area (TPSA) is 96.0 Å². The van der Waals surface area contributed by atoms with Gasteiger partial charge in [0, 0.05) is 30.9 Å². The fourth-order valence-electron chi connectivity index (χ4n) is 4.03. The van der Waals surface area contributed by atoms with Crippen LogP contribution in [-0.2, 0) is 19.6 Å². The molecule has 184 valence electrons. The molecule has 2 amide bonds. The predicted molar refractivity (Wildman–Crippen MR) is 131 cm³/mol. The first-order valence-electron chi connectivity index (χ1n) is 11.5. The fourth-order valence-corrected chi connectivity index (χ4v) is 5.62. The smallest absolute Gasteiger partial charge is 0.254 e. The fraction of sp³-hybridized carbons (Fsp3) is 0.440. The number of nitrogens with one attached hydrogen (secondary N) is 1. The number of rotatable bonds is 8. The number of sulfonamides is 1. The molecule has 1 N–H and O–H groups in total. The van der Waals surface area contributed by atoms with Gasteiger partial charge in [0.05, 0.1) is 17.1 Å². The van der Waals surface area contributed by atoms with Crippen LogP contribution in [0.5, 0.6) is 0 Å². The van der Waals surface area contributed by atoms with Gasteiger partial charge < -0.3 is 15.0 Å². The maximum atomic E-state index is 13.1. The van der Waals surface area contributed by atoms with Crippen LogP contribution in [0.15, 0.2) is 53.4 Å².